The molecule has 31 heavy (non-hydrogen) atoms. The van der Waals surface area contributed by atoms with E-state index in [4.69, 9.17) is 9.73 Å². The van der Waals surface area contributed by atoms with Crippen LogP contribution in [0.1, 0.15) is 47.3 Å². The summed E-state index contributed by atoms with van der Waals surface area (Å²) in [6.45, 7) is 8.96. The van der Waals surface area contributed by atoms with Crippen molar-refractivity contribution in [3.8, 4) is 5.75 Å². The number of benzene rings is 2. The highest BCUT2D eigenvalue weighted by molar-refractivity contribution is 14.0. The van der Waals surface area contributed by atoms with Crippen LogP contribution in [0.25, 0.3) is 0 Å². The van der Waals surface area contributed by atoms with Crippen LogP contribution < -0.4 is 20.7 Å². The van der Waals surface area contributed by atoms with Gasteiger partial charge in [0.05, 0.1) is 13.2 Å². The van der Waals surface area contributed by atoms with Crippen molar-refractivity contribution in [1.82, 2.24) is 16.0 Å². The van der Waals surface area contributed by atoms with Crippen molar-refractivity contribution < 1.29 is 9.53 Å². The Bertz CT molecular complexity index is 855. The Balaban J connectivity index is 0.00000480. The number of rotatable bonds is 10. The van der Waals surface area contributed by atoms with Gasteiger partial charge in [0.2, 0.25) is 0 Å². The summed E-state index contributed by atoms with van der Waals surface area (Å²) in [5, 5.41) is 9.32. The Morgan fingerprint density at radius 3 is 2.61 bits per heavy atom. The van der Waals surface area contributed by atoms with Crippen LogP contribution in [-0.4, -0.2) is 38.6 Å². The highest BCUT2D eigenvalue weighted by Gasteiger charge is 2.06. The largest absolute Gasteiger partial charge is 0.493 e. The van der Waals surface area contributed by atoms with Crippen molar-refractivity contribution >= 4 is 35.8 Å². The molecule has 0 bridgehead atoms. The van der Waals surface area contributed by atoms with Crippen molar-refractivity contribution in [3.05, 3.63) is 64.7 Å². The predicted molar refractivity (Wildman–Crippen MR) is 139 cm³/mol. The lowest BCUT2D eigenvalue weighted by Gasteiger charge is -2.13. The molecule has 0 atom stereocenters. The number of ether oxygens (including phenoxy) is 1. The van der Waals surface area contributed by atoms with Crippen LogP contribution in [0.2, 0.25) is 0 Å². The molecular weight excluding hydrogens is 503 g/mol. The lowest BCUT2D eigenvalue weighted by atomic mass is 10.1. The van der Waals surface area contributed by atoms with E-state index in [1.807, 2.05) is 31.2 Å². The number of guanidine groups is 1. The minimum atomic E-state index is -0.0705. The molecule has 1 amide bonds. The quantitative estimate of drug-likeness (QED) is 0.243. The van der Waals surface area contributed by atoms with Gasteiger partial charge in [-0.1, -0.05) is 31.2 Å². The average molecular weight is 538 g/mol. The molecule has 0 heterocycles. The highest BCUT2D eigenvalue weighted by atomic mass is 127. The fraction of sp³-hybridized carbons (Fsp3) is 0.417. The number of halogens is 1. The summed E-state index contributed by atoms with van der Waals surface area (Å²) in [4.78, 5) is 16.5. The maximum absolute atomic E-state index is 11.8. The van der Waals surface area contributed by atoms with Crippen molar-refractivity contribution in [2.45, 2.75) is 40.2 Å². The molecule has 2 rings (SSSR count). The monoisotopic (exact) mass is 538 g/mol. The van der Waals surface area contributed by atoms with Crippen molar-refractivity contribution in [2.75, 3.05) is 26.7 Å². The third kappa shape index (κ3) is 9.16. The Kier molecular flexibility index (Phi) is 12.7. The van der Waals surface area contributed by atoms with E-state index in [1.165, 1.54) is 5.56 Å². The van der Waals surface area contributed by atoms with Crippen LogP contribution in [0.4, 0.5) is 0 Å². The number of hydrogen-bond acceptors (Lipinski definition) is 3. The van der Waals surface area contributed by atoms with E-state index in [2.05, 4.69) is 48.0 Å². The van der Waals surface area contributed by atoms with Crippen molar-refractivity contribution in [1.29, 1.82) is 0 Å². The van der Waals surface area contributed by atoms with Gasteiger partial charge in [-0.15, -0.1) is 24.0 Å². The molecule has 0 radical (unpaired) electrons. The van der Waals surface area contributed by atoms with Gasteiger partial charge in [-0.05, 0) is 56.0 Å². The summed E-state index contributed by atoms with van der Waals surface area (Å²) in [5.41, 5.74) is 4.03. The van der Waals surface area contributed by atoms with E-state index in [1.54, 1.807) is 7.05 Å². The molecule has 0 aliphatic carbocycles. The Morgan fingerprint density at radius 2 is 1.90 bits per heavy atom. The lowest BCUT2D eigenvalue weighted by Crippen LogP contribution is -2.38. The third-order valence-electron chi connectivity index (χ3n) is 4.56. The molecular formula is C24H35IN4O2. The minimum Gasteiger partial charge on any atom is -0.493 e. The van der Waals surface area contributed by atoms with Crippen LogP contribution in [-0.2, 0) is 13.0 Å². The molecule has 6 nitrogen and oxygen atoms in total. The van der Waals surface area contributed by atoms with Gasteiger partial charge >= 0.3 is 0 Å². The van der Waals surface area contributed by atoms with E-state index < -0.39 is 0 Å². The van der Waals surface area contributed by atoms with E-state index >= 15 is 0 Å². The van der Waals surface area contributed by atoms with Crippen LogP contribution in [0.3, 0.4) is 0 Å². The number of amides is 1. The molecule has 0 aliphatic heterocycles. The normalized spacial score (nSPS) is 10.8. The van der Waals surface area contributed by atoms with Gasteiger partial charge in [-0.25, -0.2) is 4.99 Å². The number of nitrogens with zero attached hydrogens (tertiary/aromatic N) is 1. The van der Waals surface area contributed by atoms with E-state index in [0.29, 0.717) is 18.7 Å². The maximum Gasteiger partial charge on any atom is 0.251 e. The number of carbonyl (C=O) groups excluding carboxylic acids is 1. The van der Waals surface area contributed by atoms with Gasteiger partial charge in [0.25, 0.3) is 5.91 Å². The highest BCUT2D eigenvalue weighted by Crippen LogP contribution is 2.21. The van der Waals surface area contributed by atoms with Crippen LogP contribution in [0.15, 0.2) is 47.5 Å². The number of nitrogens with one attached hydrogen (secondary N) is 3. The molecule has 2 aromatic carbocycles. The zero-order valence-corrected chi connectivity index (χ0v) is 21.3. The zero-order valence-electron chi connectivity index (χ0n) is 19.0. The first kappa shape index (κ1) is 26.7. The Hall–Kier alpha value is -2.29. The molecule has 0 saturated carbocycles. The molecule has 3 N–H and O–H groups in total. The minimum absolute atomic E-state index is 0. The molecule has 0 spiro atoms. The molecule has 2 aromatic rings. The summed E-state index contributed by atoms with van der Waals surface area (Å²) < 4.78 is 5.90. The van der Waals surface area contributed by atoms with Crippen LogP contribution >= 0.6 is 24.0 Å². The van der Waals surface area contributed by atoms with Crippen molar-refractivity contribution in [2.24, 2.45) is 4.99 Å². The van der Waals surface area contributed by atoms with Gasteiger partial charge in [-0.3, -0.25) is 4.79 Å². The van der Waals surface area contributed by atoms with Gasteiger partial charge in [-0.2, -0.15) is 0 Å². The molecule has 0 fully saturated rings. The van der Waals surface area contributed by atoms with Gasteiger partial charge in [0, 0.05) is 31.3 Å². The summed E-state index contributed by atoms with van der Waals surface area (Å²) in [6.07, 6.45) is 1.77. The molecule has 0 unspecified atom stereocenters. The fourth-order valence-corrected chi connectivity index (χ4v) is 2.98. The van der Waals surface area contributed by atoms with Gasteiger partial charge < -0.3 is 20.7 Å². The molecule has 170 valence electrons. The Morgan fingerprint density at radius 1 is 1.10 bits per heavy atom. The first-order valence-corrected chi connectivity index (χ1v) is 10.6. The first-order valence-electron chi connectivity index (χ1n) is 10.6. The number of hydrogen-bond donors (Lipinski definition) is 3. The van der Waals surface area contributed by atoms with E-state index in [0.717, 1.165) is 48.8 Å². The second-order valence-corrected chi connectivity index (χ2v) is 7.11. The molecule has 0 saturated heterocycles. The maximum atomic E-state index is 11.8. The third-order valence-corrected chi connectivity index (χ3v) is 4.56. The second-order valence-electron chi connectivity index (χ2n) is 7.11. The van der Waals surface area contributed by atoms with Crippen molar-refractivity contribution in [3.63, 3.8) is 0 Å². The molecule has 0 aliphatic rings. The molecule has 0 aromatic heterocycles. The average Bonchev–Trinajstić information content (AvgIpc) is 2.76. The van der Waals surface area contributed by atoms with Crippen LogP contribution in [0, 0.1) is 6.92 Å². The SMILES string of the molecule is CCCOc1cc(C)ccc1CN=C(NCC)NCCc1cccc(C(=O)NC)c1.I. The van der Waals surface area contributed by atoms with E-state index in [9.17, 15) is 4.79 Å². The standard InChI is InChI=1S/C24H34N4O2.HI/c1-5-14-30-22-15-18(3)10-11-21(22)17-28-24(26-6-2)27-13-12-19-8-7-9-20(16-19)23(29)25-4;/h7-11,15-16H,5-6,12-14,17H2,1-4H3,(H,25,29)(H2,26,27,28);1H. The Labute approximate surface area is 203 Å². The molecule has 7 heteroatoms. The number of aliphatic imine (C=N–C) groups is 1. The topological polar surface area (TPSA) is 74.8 Å². The number of carbonyl (C=O) groups is 1. The summed E-state index contributed by atoms with van der Waals surface area (Å²) in [7, 11) is 1.64. The first-order chi connectivity index (χ1) is 14.6. The lowest BCUT2D eigenvalue weighted by molar-refractivity contribution is 0.0963. The van der Waals surface area contributed by atoms with E-state index in [-0.39, 0.29) is 29.9 Å². The second kappa shape index (κ2) is 14.7. The predicted octanol–water partition coefficient (Wildman–Crippen LogP) is 4.06. The summed E-state index contributed by atoms with van der Waals surface area (Å²) >= 11 is 0. The summed E-state index contributed by atoms with van der Waals surface area (Å²) in [6, 6.07) is 13.9. The smallest absolute Gasteiger partial charge is 0.251 e. The van der Waals surface area contributed by atoms with Gasteiger partial charge in [0.15, 0.2) is 5.96 Å². The van der Waals surface area contributed by atoms with Gasteiger partial charge in [0.1, 0.15) is 5.75 Å². The number of aryl methyl sites for hydroxylation is 1. The fourth-order valence-electron chi connectivity index (χ4n) is 2.98. The van der Waals surface area contributed by atoms with Crippen LogP contribution in [0.5, 0.6) is 5.75 Å². The zero-order chi connectivity index (χ0) is 21.8. The summed E-state index contributed by atoms with van der Waals surface area (Å²) in [5.74, 6) is 1.60.